The summed E-state index contributed by atoms with van der Waals surface area (Å²) >= 11 is 5.99. The van der Waals surface area contributed by atoms with Gasteiger partial charge in [-0.2, -0.15) is 5.26 Å². The van der Waals surface area contributed by atoms with E-state index < -0.39 is 0 Å². The lowest BCUT2D eigenvalue weighted by atomic mass is 10.2. The molecule has 0 aliphatic heterocycles. The van der Waals surface area contributed by atoms with Crippen molar-refractivity contribution in [1.82, 2.24) is 0 Å². The molecule has 0 saturated carbocycles. The summed E-state index contributed by atoms with van der Waals surface area (Å²) < 4.78 is 0. The zero-order valence-electron chi connectivity index (χ0n) is 8.63. The van der Waals surface area contributed by atoms with Gasteiger partial charge >= 0.3 is 0 Å². The molecular weight excluding hydrogens is 208 g/mol. The Morgan fingerprint density at radius 3 is 2.93 bits per heavy atom. The van der Waals surface area contributed by atoms with Gasteiger partial charge in [-0.3, -0.25) is 0 Å². The maximum atomic E-state index is 8.66. The monoisotopic (exact) mass is 220 g/mol. The summed E-state index contributed by atoms with van der Waals surface area (Å²) in [5.41, 5.74) is 1.46. The predicted octanol–water partition coefficient (Wildman–Crippen LogP) is 3.59. The second kappa shape index (κ2) is 6.10. The van der Waals surface area contributed by atoms with Crippen LogP contribution in [0.5, 0.6) is 0 Å². The van der Waals surface area contributed by atoms with E-state index in [9.17, 15) is 0 Å². The molecule has 0 saturated heterocycles. The molecule has 0 aliphatic rings. The van der Waals surface area contributed by atoms with Gasteiger partial charge in [0.25, 0.3) is 0 Å². The summed E-state index contributed by atoms with van der Waals surface area (Å²) in [6, 6.07) is 7.30. The van der Waals surface area contributed by atoms with E-state index in [2.05, 4.69) is 11.4 Å². The van der Waals surface area contributed by atoms with Crippen LogP contribution >= 0.6 is 11.6 Å². The van der Waals surface area contributed by atoms with E-state index in [1.54, 1.807) is 12.1 Å². The van der Waals surface area contributed by atoms with Crippen LogP contribution < -0.4 is 5.32 Å². The van der Waals surface area contributed by atoms with Crippen molar-refractivity contribution in [3.63, 3.8) is 0 Å². The van der Waals surface area contributed by atoms with Gasteiger partial charge in [0.05, 0.1) is 22.3 Å². The van der Waals surface area contributed by atoms with Gasteiger partial charge in [-0.15, -0.1) is 0 Å². The van der Waals surface area contributed by atoms with Gasteiger partial charge in [0.2, 0.25) is 0 Å². The molecule has 1 N–H and O–H groups in total. The summed E-state index contributed by atoms with van der Waals surface area (Å²) in [4.78, 5) is 0. The van der Waals surface area contributed by atoms with E-state index in [-0.39, 0.29) is 0 Å². The van der Waals surface area contributed by atoms with Crippen LogP contribution in [0.15, 0.2) is 30.4 Å². The third kappa shape index (κ3) is 3.65. The topological polar surface area (TPSA) is 35.8 Å². The molecule has 1 rings (SSSR count). The van der Waals surface area contributed by atoms with Gasteiger partial charge in [0.15, 0.2) is 0 Å². The van der Waals surface area contributed by atoms with Gasteiger partial charge in [-0.1, -0.05) is 23.8 Å². The highest BCUT2D eigenvalue weighted by Gasteiger charge is 1.99. The number of nitriles is 1. The van der Waals surface area contributed by atoms with Gasteiger partial charge in [-0.05, 0) is 31.5 Å². The van der Waals surface area contributed by atoms with Crippen LogP contribution in [0, 0.1) is 11.3 Å². The van der Waals surface area contributed by atoms with Crippen molar-refractivity contribution in [2.45, 2.75) is 13.3 Å². The molecule has 0 fully saturated rings. The summed E-state index contributed by atoms with van der Waals surface area (Å²) in [6.07, 6.45) is 5.07. The number of halogens is 1. The zero-order valence-corrected chi connectivity index (χ0v) is 9.38. The predicted molar refractivity (Wildman–Crippen MR) is 64.1 cm³/mol. The summed E-state index contributed by atoms with van der Waals surface area (Å²) in [6.45, 7) is 2.84. The van der Waals surface area contributed by atoms with Crippen molar-refractivity contribution in [2.75, 3.05) is 11.9 Å². The molecule has 0 unspecified atom stereocenters. The highest BCUT2D eigenvalue weighted by atomic mass is 35.5. The Morgan fingerprint density at radius 2 is 2.33 bits per heavy atom. The maximum Gasteiger partial charge on any atom is 0.0992 e. The molecular formula is C12H13ClN2. The lowest BCUT2D eigenvalue weighted by Crippen LogP contribution is -2.00. The quantitative estimate of drug-likeness (QED) is 0.622. The first-order valence-corrected chi connectivity index (χ1v) is 5.20. The van der Waals surface area contributed by atoms with Crippen molar-refractivity contribution in [3.8, 4) is 6.07 Å². The minimum absolute atomic E-state index is 0.582. The minimum atomic E-state index is 0.582. The minimum Gasteiger partial charge on any atom is -0.384 e. The molecule has 0 spiro atoms. The third-order valence-electron chi connectivity index (χ3n) is 1.96. The number of anilines is 1. The molecule has 2 nitrogen and oxygen atoms in total. The fraction of sp³-hybridized carbons (Fsp3) is 0.250. The molecule has 0 heterocycles. The van der Waals surface area contributed by atoms with E-state index in [1.807, 2.05) is 25.1 Å². The van der Waals surface area contributed by atoms with Crippen LogP contribution in [0.2, 0.25) is 5.02 Å². The van der Waals surface area contributed by atoms with Crippen LogP contribution in [0.1, 0.15) is 18.9 Å². The largest absolute Gasteiger partial charge is 0.384 e. The lowest BCUT2D eigenvalue weighted by molar-refractivity contribution is 1.06. The first-order chi connectivity index (χ1) is 7.27. The highest BCUT2D eigenvalue weighted by molar-refractivity contribution is 6.33. The third-order valence-corrected chi connectivity index (χ3v) is 2.27. The Balaban J connectivity index is 2.59. The number of benzene rings is 1. The number of nitrogens with one attached hydrogen (secondary N) is 1. The first-order valence-electron chi connectivity index (χ1n) is 4.82. The summed E-state index contributed by atoms with van der Waals surface area (Å²) in [5, 5.41) is 12.5. The zero-order chi connectivity index (χ0) is 11.1. The van der Waals surface area contributed by atoms with Crippen LogP contribution in [0.4, 0.5) is 5.69 Å². The SMILES string of the molecule is C/C=C/CCNc1ccc(C#N)cc1Cl. The molecule has 78 valence electrons. The molecule has 0 atom stereocenters. The van der Waals surface area contributed by atoms with E-state index in [4.69, 9.17) is 16.9 Å². The Labute approximate surface area is 95.2 Å². The Hall–Kier alpha value is -1.46. The van der Waals surface area contributed by atoms with Crippen LogP contribution in [-0.4, -0.2) is 6.54 Å². The lowest BCUT2D eigenvalue weighted by Gasteiger charge is -2.06. The smallest absolute Gasteiger partial charge is 0.0992 e. The number of hydrogen-bond donors (Lipinski definition) is 1. The molecule has 0 radical (unpaired) electrons. The number of nitrogens with zero attached hydrogens (tertiary/aromatic N) is 1. The molecule has 3 heteroatoms. The van der Waals surface area contributed by atoms with Crippen LogP contribution in [0.25, 0.3) is 0 Å². The molecule has 0 bridgehead atoms. The molecule has 1 aromatic rings. The number of hydrogen-bond acceptors (Lipinski definition) is 2. The Bertz CT molecular complexity index is 391. The molecule has 0 amide bonds. The van der Waals surface area contributed by atoms with Crippen LogP contribution in [0.3, 0.4) is 0 Å². The number of rotatable bonds is 4. The second-order valence-electron chi connectivity index (χ2n) is 3.09. The van der Waals surface area contributed by atoms with Gasteiger partial charge in [0.1, 0.15) is 0 Å². The molecule has 15 heavy (non-hydrogen) atoms. The van der Waals surface area contributed by atoms with Crippen molar-refractivity contribution in [1.29, 1.82) is 5.26 Å². The Kier molecular flexibility index (Phi) is 4.73. The van der Waals surface area contributed by atoms with Crippen molar-refractivity contribution >= 4 is 17.3 Å². The van der Waals surface area contributed by atoms with Gasteiger partial charge < -0.3 is 5.32 Å². The summed E-state index contributed by atoms with van der Waals surface area (Å²) in [7, 11) is 0. The normalized spacial score (nSPS) is 10.2. The molecule has 1 aromatic carbocycles. The number of allylic oxidation sites excluding steroid dienone is 1. The second-order valence-corrected chi connectivity index (χ2v) is 3.50. The summed E-state index contributed by atoms with van der Waals surface area (Å²) in [5.74, 6) is 0. The van der Waals surface area contributed by atoms with Gasteiger partial charge in [-0.25, -0.2) is 0 Å². The van der Waals surface area contributed by atoms with Crippen LogP contribution in [-0.2, 0) is 0 Å². The van der Waals surface area contributed by atoms with E-state index in [0.29, 0.717) is 10.6 Å². The Morgan fingerprint density at radius 1 is 1.53 bits per heavy atom. The maximum absolute atomic E-state index is 8.66. The van der Waals surface area contributed by atoms with Gasteiger partial charge in [0, 0.05) is 6.54 Å². The van der Waals surface area contributed by atoms with Crippen molar-refractivity contribution < 1.29 is 0 Å². The van der Waals surface area contributed by atoms with E-state index >= 15 is 0 Å². The highest BCUT2D eigenvalue weighted by Crippen LogP contribution is 2.22. The average molecular weight is 221 g/mol. The first kappa shape index (κ1) is 11.6. The molecule has 0 aliphatic carbocycles. The van der Waals surface area contributed by atoms with E-state index in [1.165, 1.54) is 0 Å². The standard InChI is InChI=1S/C12H13ClN2/c1-2-3-4-7-15-12-6-5-10(9-14)8-11(12)13/h2-3,5-6,8,15H,4,7H2,1H3/b3-2+. The molecule has 0 aromatic heterocycles. The van der Waals surface area contributed by atoms with E-state index in [0.717, 1.165) is 18.7 Å². The fourth-order valence-corrected chi connectivity index (χ4v) is 1.43. The van der Waals surface area contributed by atoms with Crippen molar-refractivity contribution in [2.24, 2.45) is 0 Å². The average Bonchev–Trinajstić information content (AvgIpc) is 2.26. The fourth-order valence-electron chi connectivity index (χ4n) is 1.18. The van der Waals surface area contributed by atoms with Crippen molar-refractivity contribution in [3.05, 3.63) is 40.9 Å².